The number of aromatic nitrogens is 7. The van der Waals surface area contributed by atoms with E-state index in [0.29, 0.717) is 5.82 Å². The maximum Gasteiger partial charge on any atom is 0.329 e. The minimum atomic E-state index is 0.0421. The first kappa shape index (κ1) is 18.0. The van der Waals surface area contributed by atoms with Crippen LogP contribution < -0.4 is 5.69 Å². The molecule has 0 N–H and O–H groups in total. The van der Waals surface area contributed by atoms with E-state index in [1.807, 2.05) is 48.3 Å². The summed E-state index contributed by atoms with van der Waals surface area (Å²) in [6, 6.07) is 10.4. The average Bonchev–Trinajstić information content (AvgIpc) is 3.56. The topological polar surface area (TPSA) is 83.4 Å². The van der Waals surface area contributed by atoms with Crippen LogP contribution in [-0.2, 0) is 7.05 Å². The predicted octanol–water partition coefficient (Wildman–Crippen LogP) is 3.65. The smallest absolute Gasteiger partial charge is 0.293 e. The molecule has 0 saturated heterocycles. The van der Waals surface area contributed by atoms with Gasteiger partial charge in [-0.05, 0) is 42.7 Å². The van der Waals surface area contributed by atoms with Crippen LogP contribution in [-0.4, -0.2) is 33.9 Å². The Labute approximate surface area is 177 Å². The van der Waals surface area contributed by atoms with Crippen molar-refractivity contribution in [2.45, 2.75) is 31.7 Å². The first-order chi connectivity index (χ1) is 15.2. The molecular weight excluding hydrogens is 390 g/mol. The molecule has 1 aliphatic rings. The minimum absolute atomic E-state index is 0.0421. The lowest BCUT2D eigenvalue weighted by molar-refractivity contribution is 0.510. The van der Waals surface area contributed by atoms with E-state index in [2.05, 4.69) is 26.1 Å². The van der Waals surface area contributed by atoms with Gasteiger partial charge in [-0.1, -0.05) is 18.9 Å². The summed E-state index contributed by atoms with van der Waals surface area (Å²) in [6.45, 7) is 0. The largest absolute Gasteiger partial charge is 0.329 e. The Hall–Kier alpha value is -3.81. The average molecular weight is 411 g/mol. The van der Waals surface area contributed by atoms with Crippen LogP contribution in [0, 0.1) is 0 Å². The number of rotatable bonds is 3. The molecule has 0 aliphatic heterocycles. The second kappa shape index (κ2) is 6.87. The fraction of sp³-hybridized carbons (Fsp3) is 0.261. The number of hydrogen-bond donors (Lipinski definition) is 0. The molecule has 0 unspecified atom stereocenters. The molecule has 31 heavy (non-hydrogen) atoms. The Balaban J connectivity index is 1.54. The minimum Gasteiger partial charge on any atom is -0.293 e. The number of pyridine rings is 2. The summed E-state index contributed by atoms with van der Waals surface area (Å²) in [5.74, 6) is 0.712. The van der Waals surface area contributed by atoms with Crippen LogP contribution in [0.3, 0.4) is 0 Å². The summed E-state index contributed by atoms with van der Waals surface area (Å²) < 4.78 is 5.35. The molecule has 0 spiro atoms. The number of aryl methyl sites for hydroxylation is 1. The van der Waals surface area contributed by atoms with Crippen LogP contribution in [0.15, 0.2) is 60.2 Å². The number of imidazole rings is 1. The van der Waals surface area contributed by atoms with E-state index >= 15 is 0 Å². The van der Waals surface area contributed by atoms with Crippen molar-refractivity contribution in [3.05, 3.63) is 65.9 Å². The summed E-state index contributed by atoms with van der Waals surface area (Å²) in [5, 5.41) is 5.12. The normalized spacial score (nSPS) is 14.7. The van der Waals surface area contributed by atoms with Crippen LogP contribution in [0.4, 0.5) is 0 Å². The highest BCUT2D eigenvalue weighted by Gasteiger charge is 2.24. The van der Waals surface area contributed by atoms with E-state index in [4.69, 9.17) is 0 Å². The van der Waals surface area contributed by atoms with Gasteiger partial charge in [0.1, 0.15) is 12.7 Å². The van der Waals surface area contributed by atoms with Crippen molar-refractivity contribution in [2.24, 2.45) is 7.05 Å². The van der Waals surface area contributed by atoms with E-state index in [1.54, 1.807) is 15.6 Å². The number of hydrogen-bond acceptors (Lipinski definition) is 5. The molecule has 8 nitrogen and oxygen atoms in total. The Bertz CT molecular complexity index is 1460. The molecule has 1 saturated carbocycles. The monoisotopic (exact) mass is 411 g/mol. The van der Waals surface area contributed by atoms with Crippen LogP contribution in [0.1, 0.15) is 31.7 Å². The van der Waals surface area contributed by atoms with Gasteiger partial charge in [-0.25, -0.2) is 19.4 Å². The van der Waals surface area contributed by atoms with Gasteiger partial charge in [0.05, 0.1) is 22.7 Å². The zero-order valence-electron chi connectivity index (χ0n) is 17.1. The van der Waals surface area contributed by atoms with Crippen molar-refractivity contribution in [3.63, 3.8) is 0 Å². The molecule has 4 heterocycles. The maximum atomic E-state index is 13.1. The quantitative estimate of drug-likeness (QED) is 0.453. The molecule has 6 rings (SSSR count). The van der Waals surface area contributed by atoms with Gasteiger partial charge >= 0.3 is 5.69 Å². The highest BCUT2D eigenvalue weighted by molar-refractivity contribution is 6.04. The standard InChI is InChI=1S/C23H21N7O/c1-28-20-12-25-19-8-6-15(16-7-9-21(26-11-16)29-14-24-13-27-29)10-18(19)22(20)30(23(28)31)17-4-2-3-5-17/h6-14,17H,2-5H2,1H3. The molecule has 0 atom stereocenters. The highest BCUT2D eigenvalue weighted by Crippen LogP contribution is 2.34. The van der Waals surface area contributed by atoms with Gasteiger partial charge < -0.3 is 0 Å². The van der Waals surface area contributed by atoms with Crippen LogP contribution in [0.25, 0.3) is 38.9 Å². The maximum absolute atomic E-state index is 13.1. The van der Waals surface area contributed by atoms with Crippen molar-refractivity contribution in [3.8, 4) is 16.9 Å². The van der Waals surface area contributed by atoms with Gasteiger partial charge in [0.2, 0.25) is 0 Å². The molecule has 154 valence electrons. The van der Waals surface area contributed by atoms with Gasteiger partial charge in [0.15, 0.2) is 5.82 Å². The lowest BCUT2D eigenvalue weighted by Crippen LogP contribution is -2.24. The number of fused-ring (bicyclic) bond motifs is 3. The molecule has 1 aliphatic carbocycles. The van der Waals surface area contributed by atoms with Crippen molar-refractivity contribution in [1.29, 1.82) is 0 Å². The molecule has 5 aromatic rings. The molecule has 8 heteroatoms. The van der Waals surface area contributed by atoms with Gasteiger partial charge in [0, 0.05) is 30.2 Å². The Morgan fingerprint density at radius 1 is 1.00 bits per heavy atom. The fourth-order valence-electron chi connectivity index (χ4n) is 4.73. The van der Waals surface area contributed by atoms with E-state index in [0.717, 1.165) is 45.9 Å². The summed E-state index contributed by atoms with van der Waals surface area (Å²) in [6.07, 6.45) is 11.2. The Morgan fingerprint density at radius 3 is 2.58 bits per heavy atom. The molecule has 0 radical (unpaired) electrons. The first-order valence-corrected chi connectivity index (χ1v) is 10.5. The second-order valence-corrected chi connectivity index (χ2v) is 8.12. The molecule has 0 amide bonds. The molecule has 0 bridgehead atoms. The van der Waals surface area contributed by atoms with Crippen LogP contribution >= 0.6 is 0 Å². The van der Waals surface area contributed by atoms with Crippen LogP contribution in [0.5, 0.6) is 0 Å². The summed E-state index contributed by atoms with van der Waals surface area (Å²) in [7, 11) is 1.83. The molecule has 1 aromatic carbocycles. The number of benzene rings is 1. The number of nitrogens with zero attached hydrogens (tertiary/aromatic N) is 7. The lowest BCUT2D eigenvalue weighted by atomic mass is 10.0. The fourth-order valence-corrected chi connectivity index (χ4v) is 4.73. The van der Waals surface area contributed by atoms with Crippen molar-refractivity contribution >= 4 is 21.9 Å². The summed E-state index contributed by atoms with van der Waals surface area (Å²) in [5.41, 5.74) is 4.82. The molecule has 1 fully saturated rings. The van der Waals surface area contributed by atoms with Crippen molar-refractivity contribution in [2.75, 3.05) is 0 Å². The van der Waals surface area contributed by atoms with Gasteiger partial charge in [-0.15, -0.1) is 0 Å². The SMILES string of the molecule is Cn1c(=O)n(C2CCCC2)c2c3cc(-c4ccc(-n5cncn5)nc4)ccc3ncc21. The highest BCUT2D eigenvalue weighted by atomic mass is 16.1. The predicted molar refractivity (Wildman–Crippen MR) is 118 cm³/mol. The third-order valence-electron chi connectivity index (χ3n) is 6.34. The van der Waals surface area contributed by atoms with Gasteiger partial charge in [-0.2, -0.15) is 5.10 Å². The summed E-state index contributed by atoms with van der Waals surface area (Å²) in [4.78, 5) is 26.2. The zero-order chi connectivity index (χ0) is 20.9. The van der Waals surface area contributed by atoms with E-state index in [9.17, 15) is 4.79 Å². The van der Waals surface area contributed by atoms with Crippen LogP contribution in [0.2, 0.25) is 0 Å². The third kappa shape index (κ3) is 2.78. The lowest BCUT2D eigenvalue weighted by Gasteiger charge is -2.13. The third-order valence-corrected chi connectivity index (χ3v) is 6.34. The van der Waals surface area contributed by atoms with Crippen molar-refractivity contribution in [1.82, 2.24) is 33.9 Å². The zero-order valence-corrected chi connectivity index (χ0v) is 17.1. The van der Waals surface area contributed by atoms with E-state index < -0.39 is 0 Å². The van der Waals surface area contributed by atoms with Crippen molar-refractivity contribution < 1.29 is 0 Å². The van der Waals surface area contributed by atoms with E-state index in [1.165, 1.54) is 19.2 Å². The summed E-state index contributed by atoms with van der Waals surface area (Å²) >= 11 is 0. The first-order valence-electron chi connectivity index (χ1n) is 10.5. The molecule has 4 aromatic heterocycles. The molecular formula is C23H21N7O. The Kier molecular flexibility index (Phi) is 3.99. The second-order valence-electron chi connectivity index (χ2n) is 8.12. The van der Waals surface area contributed by atoms with E-state index in [-0.39, 0.29) is 11.7 Å². The Morgan fingerprint density at radius 2 is 1.84 bits per heavy atom. The van der Waals surface area contributed by atoms with Gasteiger partial charge in [-0.3, -0.25) is 14.1 Å². The van der Waals surface area contributed by atoms with Gasteiger partial charge in [0.25, 0.3) is 0 Å².